The van der Waals surface area contributed by atoms with Crippen molar-refractivity contribution in [1.82, 2.24) is 4.90 Å². The largest absolute Gasteiger partial charge is 0.377 e. The van der Waals surface area contributed by atoms with E-state index in [-0.39, 0.29) is 11.4 Å². The summed E-state index contributed by atoms with van der Waals surface area (Å²) in [6.07, 6.45) is 1.96. The molecule has 1 aliphatic carbocycles. The highest BCUT2D eigenvalue weighted by Crippen LogP contribution is 2.44. The summed E-state index contributed by atoms with van der Waals surface area (Å²) in [7, 11) is 0. The fraction of sp³-hybridized carbons (Fsp3) is 0.429. The van der Waals surface area contributed by atoms with E-state index in [2.05, 4.69) is 0 Å². The maximum atomic E-state index is 12.6. The van der Waals surface area contributed by atoms with Gasteiger partial charge in [-0.25, -0.2) is 0 Å². The van der Waals surface area contributed by atoms with E-state index in [1.165, 1.54) is 0 Å². The summed E-state index contributed by atoms with van der Waals surface area (Å²) in [6.45, 7) is 1.75. The van der Waals surface area contributed by atoms with Gasteiger partial charge in [0.1, 0.15) is 0 Å². The Balaban J connectivity index is 1.93. The van der Waals surface area contributed by atoms with Crippen LogP contribution in [-0.2, 0) is 4.74 Å². The van der Waals surface area contributed by atoms with Gasteiger partial charge in [-0.15, -0.1) is 0 Å². The van der Waals surface area contributed by atoms with Crippen molar-refractivity contribution < 1.29 is 9.53 Å². The predicted octanol–water partition coefficient (Wildman–Crippen LogP) is 2.22. The molecule has 0 bridgehead atoms. The summed E-state index contributed by atoms with van der Waals surface area (Å²) in [5.41, 5.74) is 0.737. The number of hydrogen-bond acceptors (Lipinski definition) is 3. The third kappa shape index (κ3) is 2.09. The molecular weight excluding hydrogens is 264 g/mol. The van der Waals surface area contributed by atoms with Gasteiger partial charge in [0, 0.05) is 6.54 Å². The molecule has 3 rings (SSSR count). The highest BCUT2D eigenvalue weighted by molar-refractivity contribution is 6.33. The number of halogens is 1. The first-order chi connectivity index (χ1) is 9.16. The molecule has 98 valence electrons. The third-order valence-corrected chi connectivity index (χ3v) is 4.13. The number of nitrogens with zero attached hydrogens (tertiary/aromatic N) is 2. The summed E-state index contributed by atoms with van der Waals surface area (Å²) < 4.78 is 5.46. The van der Waals surface area contributed by atoms with Crippen molar-refractivity contribution in [1.29, 1.82) is 5.26 Å². The SMILES string of the molecule is N#Cc1ccc(Cl)c(C(=O)N2CCOCC23CC3)c1. The van der Waals surface area contributed by atoms with E-state index in [1.807, 2.05) is 11.0 Å². The Morgan fingerprint density at radius 1 is 1.47 bits per heavy atom. The maximum absolute atomic E-state index is 12.6. The van der Waals surface area contributed by atoms with Crippen molar-refractivity contribution >= 4 is 17.5 Å². The first-order valence-electron chi connectivity index (χ1n) is 6.26. The van der Waals surface area contributed by atoms with Crippen LogP contribution in [0.2, 0.25) is 5.02 Å². The standard InChI is InChI=1S/C14H13ClN2O2/c15-12-2-1-10(8-16)7-11(12)13(18)17-5-6-19-9-14(17)3-4-14/h1-2,7H,3-6,9H2. The Morgan fingerprint density at radius 2 is 2.26 bits per heavy atom. The smallest absolute Gasteiger partial charge is 0.256 e. The molecule has 4 nitrogen and oxygen atoms in total. The van der Waals surface area contributed by atoms with Gasteiger partial charge in [-0.05, 0) is 31.0 Å². The quantitative estimate of drug-likeness (QED) is 0.790. The van der Waals surface area contributed by atoms with E-state index in [9.17, 15) is 4.79 Å². The van der Waals surface area contributed by atoms with Crippen molar-refractivity contribution in [3.63, 3.8) is 0 Å². The Morgan fingerprint density at radius 3 is 2.95 bits per heavy atom. The lowest BCUT2D eigenvalue weighted by atomic mass is 10.1. The van der Waals surface area contributed by atoms with Crippen molar-refractivity contribution in [2.24, 2.45) is 0 Å². The van der Waals surface area contributed by atoms with E-state index in [0.717, 1.165) is 12.8 Å². The van der Waals surface area contributed by atoms with Crippen LogP contribution >= 0.6 is 11.6 Å². The van der Waals surface area contributed by atoms with Gasteiger partial charge in [0.15, 0.2) is 0 Å². The number of benzene rings is 1. The lowest BCUT2D eigenvalue weighted by Gasteiger charge is -2.36. The lowest BCUT2D eigenvalue weighted by Crippen LogP contribution is -2.50. The van der Waals surface area contributed by atoms with Crippen LogP contribution in [-0.4, -0.2) is 36.1 Å². The number of carbonyl (C=O) groups is 1. The van der Waals surface area contributed by atoms with Crippen LogP contribution in [0.4, 0.5) is 0 Å². The van der Waals surface area contributed by atoms with Gasteiger partial charge in [-0.2, -0.15) is 5.26 Å². The molecule has 0 N–H and O–H groups in total. The minimum atomic E-state index is -0.124. The van der Waals surface area contributed by atoms with E-state index in [0.29, 0.717) is 35.9 Å². The van der Waals surface area contributed by atoms with Crippen molar-refractivity contribution in [2.45, 2.75) is 18.4 Å². The monoisotopic (exact) mass is 276 g/mol. The van der Waals surface area contributed by atoms with Gasteiger partial charge in [0.05, 0.1) is 41.0 Å². The fourth-order valence-corrected chi connectivity index (χ4v) is 2.71. The summed E-state index contributed by atoms with van der Waals surface area (Å²) in [5, 5.41) is 9.32. The van der Waals surface area contributed by atoms with Crippen LogP contribution in [0.5, 0.6) is 0 Å². The predicted molar refractivity (Wildman–Crippen MR) is 70.0 cm³/mol. The number of carbonyl (C=O) groups excluding carboxylic acids is 1. The first kappa shape index (κ1) is 12.5. The van der Waals surface area contributed by atoms with Crippen LogP contribution in [0.15, 0.2) is 18.2 Å². The molecule has 1 aliphatic heterocycles. The molecule has 19 heavy (non-hydrogen) atoms. The summed E-state index contributed by atoms with van der Waals surface area (Å²) in [6, 6.07) is 6.82. The van der Waals surface area contributed by atoms with Crippen molar-refractivity contribution in [3.8, 4) is 6.07 Å². The Kier molecular flexibility index (Phi) is 2.96. The highest BCUT2D eigenvalue weighted by atomic mass is 35.5. The molecule has 1 aromatic rings. The molecule has 2 aliphatic rings. The number of rotatable bonds is 1. The number of hydrogen-bond donors (Lipinski definition) is 0. The van der Waals surface area contributed by atoms with Gasteiger partial charge in [-0.3, -0.25) is 4.79 Å². The molecular formula is C14H13ClN2O2. The van der Waals surface area contributed by atoms with Gasteiger partial charge >= 0.3 is 0 Å². The first-order valence-corrected chi connectivity index (χ1v) is 6.63. The summed E-state index contributed by atoms with van der Waals surface area (Å²) in [5.74, 6) is -0.0945. The zero-order chi connectivity index (χ0) is 13.5. The zero-order valence-electron chi connectivity index (χ0n) is 10.4. The van der Waals surface area contributed by atoms with Crippen LogP contribution in [0.3, 0.4) is 0 Å². The van der Waals surface area contributed by atoms with Gasteiger partial charge in [0.2, 0.25) is 0 Å². The highest BCUT2D eigenvalue weighted by Gasteiger charge is 2.52. The van der Waals surface area contributed by atoms with Crippen molar-refractivity contribution in [3.05, 3.63) is 34.3 Å². The molecule has 0 aromatic heterocycles. The van der Waals surface area contributed by atoms with Crippen LogP contribution in [0.25, 0.3) is 0 Å². The molecule has 5 heteroatoms. The number of nitriles is 1. The van der Waals surface area contributed by atoms with Crippen LogP contribution in [0.1, 0.15) is 28.8 Å². The van der Waals surface area contributed by atoms with E-state index >= 15 is 0 Å². The molecule has 0 atom stereocenters. The summed E-state index contributed by atoms with van der Waals surface area (Å²) >= 11 is 6.09. The molecule has 1 aromatic carbocycles. The Hall–Kier alpha value is -1.57. The molecule has 1 spiro atoms. The molecule has 2 fully saturated rings. The third-order valence-electron chi connectivity index (χ3n) is 3.80. The average Bonchev–Trinajstić information content (AvgIpc) is 3.19. The Labute approximate surface area is 116 Å². The average molecular weight is 277 g/mol. The van der Waals surface area contributed by atoms with Gasteiger partial charge in [0.25, 0.3) is 5.91 Å². The maximum Gasteiger partial charge on any atom is 0.256 e. The fourth-order valence-electron chi connectivity index (χ4n) is 2.51. The number of ether oxygens (including phenoxy) is 1. The molecule has 1 saturated heterocycles. The van der Waals surface area contributed by atoms with Gasteiger partial charge in [-0.1, -0.05) is 11.6 Å². The minimum Gasteiger partial charge on any atom is -0.377 e. The van der Waals surface area contributed by atoms with Crippen LogP contribution < -0.4 is 0 Å². The molecule has 1 saturated carbocycles. The topological polar surface area (TPSA) is 53.3 Å². The molecule has 0 radical (unpaired) electrons. The van der Waals surface area contributed by atoms with Gasteiger partial charge < -0.3 is 9.64 Å². The van der Waals surface area contributed by atoms with Crippen LogP contribution in [0, 0.1) is 11.3 Å². The second-order valence-corrected chi connectivity index (χ2v) is 5.45. The zero-order valence-corrected chi connectivity index (χ0v) is 11.1. The van der Waals surface area contributed by atoms with E-state index in [1.54, 1.807) is 18.2 Å². The minimum absolute atomic E-state index is 0.0945. The molecule has 1 heterocycles. The van der Waals surface area contributed by atoms with Crippen molar-refractivity contribution in [2.75, 3.05) is 19.8 Å². The number of amides is 1. The van der Waals surface area contributed by atoms with E-state index < -0.39 is 0 Å². The second kappa shape index (κ2) is 4.52. The summed E-state index contributed by atoms with van der Waals surface area (Å²) in [4.78, 5) is 14.5. The number of morpholine rings is 1. The second-order valence-electron chi connectivity index (χ2n) is 5.04. The normalized spacial score (nSPS) is 20.1. The lowest BCUT2D eigenvalue weighted by molar-refractivity contribution is -0.0117. The Bertz CT molecular complexity index is 575. The molecule has 0 unspecified atom stereocenters. The van der Waals surface area contributed by atoms with E-state index in [4.69, 9.17) is 21.6 Å². The molecule has 1 amide bonds.